The van der Waals surface area contributed by atoms with E-state index in [0.29, 0.717) is 10.7 Å². The van der Waals surface area contributed by atoms with Crippen molar-refractivity contribution >= 4 is 22.6 Å². The molecule has 0 unspecified atom stereocenters. The molecule has 2 aromatic heterocycles. The number of halogens is 1. The van der Waals surface area contributed by atoms with Crippen molar-refractivity contribution in [2.45, 2.75) is 0 Å². The largest absolute Gasteiger partial charge is 0.331 e. The van der Waals surface area contributed by atoms with Crippen LogP contribution >= 0.6 is 11.6 Å². The lowest BCUT2D eigenvalue weighted by molar-refractivity contribution is 1.02. The van der Waals surface area contributed by atoms with E-state index < -0.39 is 0 Å². The van der Waals surface area contributed by atoms with Gasteiger partial charge in [-0.1, -0.05) is 29.8 Å². The number of aromatic amines is 1. The maximum atomic E-state index is 11.9. The molecule has 0 fully saturated rings. The molecule has 2 heterocycles. The van der Waals surface area contributed by atoms with Gasteiger partial charge in [-0.3, -0.25) is 4.57 Å². The van der Waals surface area contributed by atoms with Gasteiger partial charge < -0.3 is 4.98 Å². The van der Waals surface area contributed by atoms with E-state index in [2.05, 4.69) is 9.97 Å². The summed E-state index contributed by atoms with van der Waals surface area (Å²) in [7, 11) is 0. The van der Waals surface area contributed by atoms with Gasteiger partial charge in [-0.25, -0.2) is 9.78 Å². The van der Waals surface area contributed by atoms with Crippen LogP contribution in [0.15, 0.2) is 47.4 Å². The molecule has 0 aliphatic carbocycles. The van der Waals surface area contributed by atoms with Crippen molar-refractivity contribution in [3.63, 3.8) is 0 Å². The van der Waals surface area contributed by atoms with E-state index in [1.165, 1.54) is 0 Å². The molecule has 0 saturated heterocycles. The van der Waals surface area contributed by atoms with Crippen LogP contribution in [0, 0.1) is 0 Å². The SMILES string of the molecule is O=c1[nH]c2c(Cl)nccc2n1-c1ccccc1. The summed E-state index contributed by atoms with van der Waals surface area (Å²) in [5, 5.41) is 0.300. The molecule has 0 atom stereocenters. The monoisotopic (exact) mass is 245 g/mol. The fourth-order valence-electron chi connectivity index (χ4n) is 1.83. The van der Waals surface area contributed by atoms with Gasteiger partial charge >= 0.3 is 5.69 Å². The molecule has 17 heavy (non-hydrogen) atoms. The first-order valence-corrected chi connectivity index (χ1v) is 5.46. The van der Waals surface area contributed by atoms with Crippen molar-refractivity contribution in [2.75, 3.05) is 0 Å². The molecule has 0 spiro atoms. The summed E-state index contributed by atoms with van der Waals surface area (Å²) in [6.07, 6.45) is 1.58. The number of benzene rings is 1. The van der Waals surface area contributed by atoms with Crippen molar-refractivity contribution < 1.29 is 0 Å². The second-order valence-corrected chi connectivity index (χ2v) is 3.96. The summed E-state index contributed by atoms with van der Waals surface area (Å²) >= 11 is 5.94. The highest BCUT2D eigenvalue weighted by Crippen LogP contribution is 2.19. The van der Waals surface area contributed by atoms with Crippen molar-refractivity contribution in [2.24, 2.45) is 0 Å². The van der Waals surface area contributed by atoms with Crippen LogP contribution in [-0.2, 0) is 0 Å². The van der Waals surface area contributed by atoms with Crippen molar-refractivity contribution in [3.05, 3.63) is 58.2 Å². The zero-order chi connectivity index (χ0) is 11.8. The highest BCUT2D eigenvalue weighted by atomic mass is 35.5. The number of fused-ring (bicyclic) bond motifs is 1. The Hall–Kier alpha value is -2.07. The number of nitrogens with zero attached hydrogens (tertiary/aromatic N) is 2. The molecule has 1 N–H and O–H groups in total. The minimum Gasteiger partial charge on any atom is -0.303 e. The minimum absolute atomic E-state index is 0.221. The number of imidazole rings is 1. The number of rotatable bonds is 1. The Labute approximate surface area is 101 Å². The summed E-state index contributed by atoms with van der Waals surface area (Å²) in [6.45, 7) is 0. The lowest BCUT2D eigenvalue weighted by Crippen LogP contribution is -2.14. The van der Waals surface area contributed by atoms with E-state index in [-0.39, 0.29) is 5.69 Å². The smallest absolute Gasteiger partial charge is 0.303 e. The molecule has 4 nitrogen and oxygen atoms in total. The van der Waals surface area contributed by atoms with Gasteiger partial charge in [0, 0.05) is 6.20 Å². The zero-order valence-corrected chi connectivity index (χ0v) is 9.48. The summed E-state index contributed by atoms with van der Waals surface area (Å²) in [6, 6.07) is 11.1. The van der Waals surface area contributed by atoms with E-state index in [1.807, 2.05) is 30.3 Å². The van der Waals surface area contributed by atoms with E-state index in [9.17, 15) is 4.79 Å². The Morgan fingerprint density at radius 1 is 1.18 bits per heavy atom. The average Bonchev–Trinajstić information content (AvgIpc) is 2.68. The Morgan fingerprint density at radius 2 is 1.94 bits per heavy atom. The Morgan fingerprint density at radius 3 is 2.71 bits per heavy atom. The van der Waals surface area contributed by atoms with Gasteiger partial charge in [0.15, 0.2) is 5.15 Å². The molecule has 0 saturated carbocycles. The number of para-hydroxylation sites is 1. The van der Waals surface area contributed by atoms with Crippen LogP contribution in [0.5, 0.6) is 0 Å². The Kier molecular flexibility index (Phi) is 2.23. The van der Waals surface area contributed by atoms with E-state index in [1.54, 1.807) is 16.8 Å². The van der Waals surface area contributed by atoms with Crippen LogP contribution in [-0.4, -0.2) is 14.5 Å². The van der Waals surface area contributed by atoms with Crippen LogP contribution in [0.25, 0.3) is 16.7 Å². The highest BCUT2D eigenvalue weighted by Gasteiger charge is 2.10. The molecular formula is C12H8ClN3O. The fraction of sp³-hybridized carbons (Fsp3) is 0. The number of pyridine rings is 1. The van der Waals surface area contributed by atoms with Gasteiger partial charge in [-0.2, -0.15) is 0 Å². The first-order chi connectivity index (χ1) is 8.27. The van der Waals surface area contributed by atoms with Crippen LogP contribution < -0.4 is 5.69 Å². The van der Waals surface area contributed by atoms with E-state index in [0.717, 1.165) is 11.2 Å². The molecule has 3 aromatic rings. The molecule has 0 amide bonds. The maximum absolute atomic E-state index is 11.9. The molecule has 0 aliphatic rings. The molecule has 0 bridgehead atoms. The summed E-state index contributed by atoms with van der Waals surface area (Å²) < 4.78 is 1.57. The standard InChI is InChI=1S/C12H8ClN3O/c13-11-10-9(6-7-14-11)16(12(17)15-10)8-4-2-1-3-5-8/h1-7H,(H,15,17). The zero-order valence-electron chi connectivity index (χ0n) is 8.72. The maximum Gasteiger partial charge on any atom is 0.331 e. The first kappa shape index (κ1) is 10.1. The summed E-state index contributed by atoms with van der Waals surface area (Å²) in [5.74, 6) is 0. The topological polar surface area (TPSA) is 50.7 Å². The van der Waals surface area contributed by atoms with Crippen LogP contribution in [0.4, 0.5) is 0 Å². The molecule has 0 aliphatic heterocycles. The van der Waals surface area contributed by atoms with Gasteiger partial charge in [0.1, 0.15) is 5.52 Å². The van der Waals surface area contributed by atoms with E-state index in [4.69, 9.17) is 11.6 Å². The van der Waals surface area contributed by atoms with Crippen molar-refractivity contribution in [3.8, 4) is 5.69 Å². The first-order valence-electron chi connectivity index (χ1n) is 5.08. The summed E-state index contributed by atoms with van der Waals surface area (Å²) in [5.41, 5.74) is 1.86. The number of hydrogen-bond acceptors (Lipinski definition) is 2. The second-order valence-electron chi connectivity index (χ2n) is 3.60. The fourth-order valence-corrected chi connectivity index (χ4v) is 2.03. The Bertz CT molecular complexity index is 730. The number of H-pyrrole nitrogens is 1. The van der Waals surface area contributed by atoms with E-state index >= 15 is 0 Å². The quantitative estimate of drug-likeness (QED) is 0.669. The predicted octanol–water partition coefficient (Wildman–Crippen LogP) is 2.37. The highest BCUT2D eigenvalue weighted by molar-refractivity contribution is 6.33. The average molecular weight is 246 g/mol. The van der Waals surface area contributed by atoms with Gasteiger partial charge in [0.25, 0.3) is 0 Å². The predicted molar refractivity (Wildman–Crippen MR) is 66.7 cm³/mol. The molecular weight excluding hydrogens is 238 g/mol. The van der Waals surface area contributed by atoms with Gasteiger partial charge in [-0.15, -0.1) is 0 Å². The lowest BCUT2D eigenvalue weighted by Gasteiger charge is -2.02. The number of hydrogen-bond donors (Lipinski definition) is 1. The molecule has 3 rings (SSSR count). The summed E-state index contributed by atoms with van der Waals surface area (Å²) in [4.78, 5) is 18.6. The molecule has 5 heteroatoms. The molecule has 0 radical (unpaired) electrons. The third kappa shape index (κ3) is 1.54. The van der Waals surface area contributed by atoms with Gasteiger partial charge in [0.05, 0.1) is 11.2 Å². The van der Waals surface area contributed by atoms with Crippen LogP contribution in [0.3, 0.4) is 0 Å². The Balaban J connectivity index is 2.42. The van der Waals surface area contributed by atoms with Gasteiger partial charge in [0.2, 0.25) is 0 Å². The molecule has 84 valence electrons. The third-order valence-corrected chi connectivity index (χ3v) is 2.86. The van der Waals surface area contributed by atoms with Crippen molar-refractivity contribution in [1.82, 2.24) is 14.5 Å². The molecule has 1 aromatic carbocycles. The normalized spacial score (nSPS) is 10.9. The third-order valence-electron chi connectivity index (χ3n) is 2.57. The van der Waals surface area contributed by atoms with Crippen LogP contribution in [0.1, 0.15) is 0 Å². The van der Waals surface area contributed by atoms with Crippen LogP contribution in [0.2, 0.25) is 5.15 Å². The second kappa shape index (κ2) is 3.75. The minimum atomic E-state index is -0.221. The number of nitrogens with one attached hydrogen (secondary N) is 1. The van der Waals surface area contributed by atoms with Crippen molar-refractivity contribution in [1.29, 1.82) is 0 Å². The number of aromatic nitrogens is 3. The van der Waals surface area contributed by atoms with Gasteiger partial charge in [-0.05, 0) is 18.2 Å². The lowest BCUT2D eigenvalue weighted by atomic mass is 10.3.